The van der Waals surface area contributed by atoms with Crippen LogP contribution in [0.15, 0.2) is 18.3 Å². The van der Waals surface area contributed by atoms with Gasteiger partial charge in [0.05, 0.1) is 5.52 Å². The van der Waals surface area contributed by atoms with Crippen molar-refractivity contribution in [3.8, 4) is 0 Å². The summed E-state index contributed by atoms with van der Waals surface area (Å²) in [7, 11) is 0. The smallest absolute Gasteiger partial charge is 0.222 e. The molecule has 0 fully saturated rings. The molecule has 2 rings (SSSR count). The summed E-state index contributed by atoms with van der Waals surface area (Å²) in [6, 6.07) is 3.71. The predicted molar refractivity (Wildman–Crippen MR) is 102 cm³/mol. The van der Waals surface area contributed by atoms with Crippen molar-refractivity contribution in [3.05, 3.63) is 18.3 Å². The van der Waals surface area contributed by atoms with E-state index in [1.54, 1.807) is 13.1 Å². The quantitative estimate of drug-likeness (QED) is 0.630. The molecular weight excluding hydrogens is 314 g/mol. The van der Waals surface area contributed by atoms with Gasteiger partial charge in [-0.2, -0.15) is 4.98 Å². The molecule has 0 radical (unpaired) electrons. The third kappa shape index (κ3) is 5.66. The normalized spacial score (nSPS) is 13.6. The van der Waals surface area contributed by atoms with Gasteiger partial charge in [-0.15, -0.1) is 0 Å². The summed E-state index contributed by atoms with van der Waals surface area (Å²) in [5.74, 6) is 1.07. The lowest BCUT2D eigenvalue weighted by Crippen LogP contribution is -2.36. The number of carbonyl (C=O) groups is 1. The van der Waals surface area contributed by atoms with E-state index in [9.17, 15) is 4.79 Å². The first-order valence-corrected chi connectivity index (χ1v) is 9.09. The molecule has 6 nitrogen and oxygen atoms in total. The monoisotopic (exact) mass is 343 g/mol. The molecule has 0 amide bonds. The molecule has 0 aromatic carbocycles. The van der Waals surface area contributed by atoms with Gasteiger partial charge in [0.15, 0.2) is 5.82 Å². The maximum atomic E-state index is 11.5. The molecule has 2 heterocycles. The lowest BCUT2D eigenvalue weighted by molar-refractivity contribution is -0.117. The number of pyridine rings is 1. The molecule has 2 aromatic heterocycles. The molecule has 6 heteroatoms. The zero-order valence-corrected chi connectivity index (χ0v) is 15.5. The van der Waals surface area contributed by atoms with Crippen molar-refractivity contribution in [2.75, 3.05) is 11.1 Å². The van der Waals surface area contributed by atoms with Gasteiger partial charge < -0.3 is 15.8 Å². The van der Waals surface area contributed by atoms with Crippen LogP contribution < -0.4 is 11.1 Å². The Labute approximate surface area is 149 Å². The van der Waals surface area contributed by atoms with Crippen LogP contribution in [0.3, 0.4) is 0 Å². The number of hydrogen-bond acceptors (Lipinski definition) is 6. The minimum Gasteiger partial charge on any atom is -0.368 e. The highest BCUT2D eigenvalue weighted by molar-refractivity contribution is 5.86. The predicted octanol–water partition coefficient (Wildman–Crippen LogP) is 4.12. The van der Waals surface area contributed by atoms with E-state index in [2.05, 4.69) is 34.1 Å². The van der Waals surface area contributed by atoms with Gasteiger partial charge in [0, 0.05) is 18.2 Å². The molecule has 136 valence electrons. The fourth-order valence-electron chi connectivity index (χ4n) is 3.00. The highest BCUT2D eigenvalue weighted by Gasteiger charge is 2.26. The van der Waals surface area contributed by atoms with Crippen LogP contribution in [0.5, 0.6) is 0 Å². The third-order valence-corrected chi connectivity index (χ3v) is 4.50. The Bertz CT molecular complexity index is 718. The standard InChI is InChI=1S/C19H29N5O/c1-4-5-6-7-11-19(3,12-10-14(2)25)24-17-16-15(9-8-13-21-16)22-18(20)23-17/h8-9,13H,4-7,10-12H2,1-3H3,(H3,20,22,23,24)/t19-/m1/s1. The maximum Gasteiger partial charge on any atom is 0.222 e. The van der Waals surface area contributed by atoms with E-state index in [4.69, 9.17) is 5.73 Å². The van der Waals surface area contributed by atoms with Gasteiger partial charge in [-0.05, 0) is 38.8 Å². The molecule has 0 unspecified atom stereocenters. The zero-order chi connectivity index (χ0) is 18.3. The Balaban J connectivity index is 2.24. The van der Waals surface area contributed by atoms with E-state index in [0.717, 1.165) is 24.8 Å². The SMILES string of the molecule is CCCCCC[C@](C)(CCC(C)=O)Nc1nc(N)nc2cccnc12. The topological polar surface area (TPSA) is 93.8 Å². The summed E-state index contributed by atoms with van der Waals surface area (Å²) in [6.07, 6.45) is 8.73. The lowest BCUT2D eigenvalue weighted by atomic mass is 9.88. The molecule has 0 bridgehead atoms. The average Bonchev–Trinajstić information content (AvgIpc) is 2.57. The van der Waals surface area contributed by atoms with Crippen LogP contribution in [0.1, 0.15) is 65.7 Å². The van der Waals surface area contributed by atoms with E-state index in [1.807, 2.05) is 12.1 Å². The molecule has 2 aromatic rings. The number of nitrogens with two attached hydrogens (primary N) is 1. The van der Waals surface area contributed by atoms with Crippen LogP contribution in [-0.4, -0.2) is 26.3 Å². The number of Topliss-reactive ketones (excluding diaryl/α,β-unsaturated/α-hetero) is 1. The maximum absolute atomic E-state index is 11.5. The third-order valence-electron chi connectivity index (χ3n) is 4.50. The summed E-state index contributed by atoms with van der Waals surface area (Å²) >= 11 is 0. The first kappa shape index (κ1) is 19.1. The number of aromatic nitrogens is 3. The molecule has 0 aliphatic carbocycles. The minimum absolute atomic E-state index is 0.201. The van der Waals surface area contributed by atoms with Crippen LogP contribution in [0.25, 0.3) is 11.0 Å². The molecule has 0 saturated carbocycles. The Kier molecular flexibility index (Phi) is 6.67. The van der Waals surface area contributed by atoms with Crippen LogP contribution in [0.2, 0.25) is 0 Å². The number of ketones is 1. The molecule has 0 spiro atoms. The van der Waals surface area contributed by atoms with E-state index < -0.39 is 0 Å². The van der Waals surface area contributed by atoms with Crippen molar-refractivity contribution < 1.29 is 4.79 Å². The Morgan fingerprint density at radius 1 is 1.24 bits per heavy atom. The van der Waals surface area contributed by atoms with Crippen molar-refractivity contribution in [3.63, 3.8) is 0 Å². The zero-order valence-electron chi connectivity index (χ0n) is 15.5. The second kappa shape index (κ2) is 8.74. The first-order chi connectivity index (χ1) is 11.9. The molecular formula is C19H29N5O. The fourth-order valence-corrected chi connectivity index (χ4v) is 3.00. The van der Waals surface area contributed by atoms with Crippen molar-refractivity contribution in [1.82, 2.24) is 15.0 Å². The molecule has 0 aliphatic rings. The van der Waals surface area contributed by atoms with Gasteiger partial charge in [-0.3, -0.25) is 4.98 Å². The van der Waals surface area contributed by atoms with Gasteiger partial charge in [0.2, 0.25) is 5.95 Å². The number of nitrogen functional groups attached to an aromatic ring is 1. The van der Waals surface area contributed by atoms with Gasteiger partial charge in [0.1, 0.15) is 11.3 Å². The average molecular weight is 343 g/mol. The van der Waals surface area contributed by atoms with Crippen LogP contribution >= 0.6 is 0 Å². The largest absolute Gasteiger partial charge is 0.368 e. The Hall–Kier alpha value is -2.24. The summed E-state index contributed by atoms with van der Waals surface area (Å²) in [5, 5.41) is 3.53. The van der Waals surface area contributed by atoms with Gasteiger partial charge in [0.25, 0.3) is 0 Å². The number of nitrogens with zero attached hydrogens (tertiary/aromatic N) is 3. The van der Waals surface area contributed by atoms with E-state index in [0.29, 0.717) is 17.8 Å². The molecule has 3 N–H and O–H groups in total. The molecule has 0 saturated heterocycles. The highest BCUT2D eigenvalue weighted by Crippen LogP contribution is 2.28. The summed E-state index contributed by atoms with van der Waals surface area (Å²) in [5.41, 5.74) is 7.06. The molecule has 0 aliphatic heterocycles. The Morgan fingerprint density at radius 3 is 2.76 bits per heavy atom. The number of carbonyl (C=O) groups excluding carboxylic acids is 1. The van der Waals surface area contributed by atoms with Crippen LogP contribution in [0.4, 0.5) is 11.8 Å². The second-order valence-electron chi connectivity index (χ2n) is 7.00. The number of unbranched alkanes of at least 4 members (excludes halogenated alkanes) is 3. The number of nitrogens with one attached hydrogen (secondary N) is 1. The van der Waals surface area contributed by atoms with Crippen molar-refractivity contribution in [2.24, 2.45) is 0 Å². The van der Waals surface area contributed by atoms with E-state index >= 15 is 0 Å². The summed E-state index contributed by atoms with van der Waals surface area (Å²) in [4.78, 5) is 24.5. The van der Waals surface area contributed by atoms with Gasteiger partial charge in [-0.25, -0.2) is 4.98 Å². The summed E-state index contributed by atoms with van der Waals surface area (Å²) in [6.45, 7) is 5.99. The fraction of sp³-hybridized carbons (Fsp3) is 0.579. The van der Waals surface area contributed by atoms with Crippen LogP contribution in [-0.2, 0) is 4.79 Å². The van der Waals surface area contributed by atoms with E-state index in [1.165, 1.54) is 19.3 Å². The molecule has 1 atom stereocenters. The summed E-state index contributed by atoms with van der Waals surface area (Å²) < 4.78 is 0. The van der Waals surface area contributed by atoms with Gasteiger partial charge >= 0.3 is 0 Å². The first-order valence-electron chi connectivity index (χ1n) is 9.09. The number of fused-ring (bicyclic) bond motifs is 1. The van der Waals surface area contributed by atoms with Crippen LogP contribution in [0, 0.1) is 0 Å². The van der Waals surface area contributed by atoms with Crippen molar-refractivity contribution >= 4 is 28.6 Å². The number of rotatable bonds is 10. The Morgan fingerprint density at radius 2 is 2.04 bits per heavy atom. The van der Waals surface area contributed by atoms with Gasteiger partial charge in [-0.1, -0.05) is 32.6 Å². The van der Waals surface area contributed by atoms with E-state index in [-0.39, 0.29) is 17.3 Å². The number of hydrogen-bond donors (Lipinski definition) is 2. The minimum atomic E-state index is -0.231. The van der Waals surface area contributed by atoms with Crippen molar-refractivity contribution in [2.45, 2.75) is 71.3 Å². The lowest BCUT2D eigenvalue weighted by Gasteiger charge is -2.32. The van der Waals surface area contributed by atoms with Crippen molar-refractivity contribution in [1.29, 1.82) is 0 Å². The molecule has 25 heavy (non-hydrogen) atoms. The highest BCUT2D eigenvalue weighted by atomic mass is 16.1. The second-order valence-corrected chi connectivity index (χ2v) is 7.00. The number of anilines is 2.